The van der Waals surface area contributed by atoms with E-state index < -0.39 is 11.8 Å². The van der Waals surface area contributed by atoms with E-state index in [1.54, 1.807) is 6.07 Å². The molecule has 2 aromatic rings. The molecule has 2 rings (SSSR count). The number of hydrogen-bond acceptors (Lipinski definition) is 6. The molecule has 2 N–H and O–H groups in total. The number of ketones is 2. The zero-order chi connectivity index (χ0) is 25.1. The maximum absolute atomic E-state index is 14.3. The minimum absolute atomic E-state index is 0.00291. The molecule has 184 valence electrons. The van der Waals surface area contributed by atoms with Crippen LogP contribution < -0.4 is 9.47 Å². The van der Waals surface area contributed by atoms with Crippen LogP contribution in [0, 0.1) is 5.82 Å². The Morgan fingerprint density at radius 1 is 0.941 bits per heavy atom. The summed E-state index contributed by atoms with van der Waals surface area (Å²) in [6.07, 6.45) is 2.78. The Labute approximate surface area is 198 Å². The van der Waals surface area contributed by atoms with Gasteiger partial charge in [0.15, 0.2) is 23.1 Å². The van der Waals surface area contributed by atoms with Crippen LogP contribution in [0.1, 0.15) is 78.7 Å². The Hall–Kier alpha value is -3.42. The molecule has 0 amide bonds. The molecular formula is C26H31FO7. The molecule has 0 bridgehead atoms. The maximum Gasteiger partial charge on any atom is 0.303 e. The van der Waals surface area contributed by atoms with Gasteiger partial charge in [-0.2, -0.15) is 0 Å². The number of aromatic hydroxyl groups is 1. The predicted octanol–water partition coefficient (Wildman–Crippen LogP) is 5.36. The molecule has 0 spiro atoms. The Kier molecular flexibility index (Phi) is 10.5. The minimum Gasteiger partial charge on any atom is -0.507 e. The first-order valence-corrected chi connectivity index (χ1v) is 11.4. The fourth-order valence-corrected chi connectivity index (χ4v) is 3.45. The number of carbonyl (C=O) groups is 3. The highest BCUT2D eigenvalue weighted by Crippen LogP contribution is 2.33. The van der Waals surface area contributed by atoms with E-state index in [2.05, 4.69) is 0 Å². The first-order chi connectivity index (χ1) is 16.2. The number of carboxylic acids is 1. The molecule has 0 saturated heterocycles. The van der Waals surface area contributed by atoms with Crippen molar-refractivity contribution < 1.29 is 38.5 Å². The highest BCUT2D eigenvalue weighted by molar-refractivity contribution is 5.97. The fraction of sp³-hybridized carbons (Fsp3) is 0.423. The number of carbonyl (C=O) groups excluding carboxylic acids is 2. The second kappa shape index (κ2) is 13.3. The third kappa shape index (κ3) is 7.86. The number of hydrogen-bond donors (Lipinski definition) is 2. The van der Waals surface area contributed by atoms with E-state index in [9.17, 15) is 23.9 Å². The van der Waals surface area contributed by atoms with Crippen molar-refractivity contribution in [3.63, 3.8) is 0 Å². The summed E-state index contributed by atoms with van der Waals surface area (Å²) in [6.45, 7) is 3.81. The molecule has 0 aliphatic carbocycles. The van der Waals surface area contributed by atoms with Crippen molar-refractivity contribution in [1.29, 1.82) is 0 Å². The van der Waals surface area contributed by atoms with Gasteiger partial charge >= 0.3 is 5.97 Å². The molecule has 2 aromatic carbocycles. The molecular weight excluding hydrogens is 443 g/mol. The summed E-state index contributed by atoms with van der Waals surface area (Å²) in [7, 11) is 0. The van der Waals surface area contributed by atoms with Gasteiger partial charge in [0.25, 0.3) is 0 Å². The number of benzene rings is 2. The van der Waals surface area contributed by atoms with E-state index in [-0.39, 0.29) is 60.2 Å². The summed E-state index contributed by atoms with van der Waals surface area (Å²) in [4.78, 5) is 34.3. The lowest BCUT2D eigenvalue weighted by Gasteiger charge is -2.15. The average molecular weight is 475 g/mol. The molecule has 0 aliphatic rings. The van der Waals surface area contributed by atoms with Crippen molar-refractivity contribution in [2.75, 3.05) is 13.2 Å². The van der Waals surface area contributed by atoms with Gasteiger partial charge in [0, 0.05) is 30.4 Å². The minimum atomic E-state index is -0.907. The molecule has 34 heavy (non-hydrogen) atoms. The summed E-state index contributed by atoms with van der Waals surface area (Å²) in [5, 5.41) is 19.0. The number of Topliss-reactive ketones (excluding diaryl/α,β-unsaturated/α-hetero) is 2. The largest absolute Gasteiger partial charge is 0.507 e. The number of aliphatic carboxylic acids is 1. The highest BCUT2D eigenvalue weighted by atomic mass is 19.1. The Morgan fingerprint density at radius 2 is 1.59 bits per heavy atom. The average Bonchev–Trinajstić information content (AvgIpc) is 2.79. The molecule has 0 aromatic heterocycles. The topological polar surface area (TPSA) is 110 Å². The monoisotopic (exact) mass is 474 g/mol. The van der Waals surface area contributed by atoms with E-state index in [1.165, 1.54) is 25.1 Å². The van der Waals surface area contributed by atoms with Crippen LogP contribution in [0.5, 0.6) is 17.2 Å². The van der Waals surface area contributed by atoms with Crippen molar-refractivity contribution in [3.8, 4) is 17.2 Å². The first kappa shape index (κ1) is 26.8. The third-order valence-electron chi connectivity index (χ3n) is 5.22. The summed E-state index contributed by atoms with van der Waals surface area (Å²) >= 11 is 0. The van der Waals surface area contributed by atoms with Gasteiger partial charge in [0.1, 0.15) is 11.5 Å². The van der Waals surface area contributed by atoms with Crippen LogP contribution in [-0.2, 0) is 11.2 Å². The molecule has 0 aliphatic heterocycles. The zero-order valence-corrected chi connectivity index (χ0v) is 19.6. The lowest BCUT2D eigenvalue weighted by atomic mass is 10.0. The molecule has 7 nitrogen and oxygen atoms in total. The van der Waals surface area contributed by atoms with Crippen LogP contribution in [0.15, 0.2) is 30.3 Å². The number of halogens is 1. The number of ether oxygens (including phenoxy) is 2. The quantitative estimate of drug-likeness (QED) is 0.264. The van der Waals surface area contributed by atoms with Crippen molar-refractivity contribution >= 4 is 17.5 Å². The maximum atomic E-state index is 14.3. The lowest BCUT2D eigenvalue weighted by molar-refractivity contribution is -0.137. The van der Waals surface area contributed by atoms with Gasteiger partial charge in [-0.25, -0.2) is 4.39 Å². The van der Waals surface area contributed by atoms with Gasteiger partial charge in [-0.3, -0.25) is 14.4 Å². The van der Waals surface area contributed by atoms with Gasteiger partial charge < -0.3 is 19.7 Å². The second-order valence-corrected chi connectivity index (χ2v) is 7.96. The number of unbranched alkanes of at least 4 members (excludes halogenated alkanes) is 1. The molecule has 0 atom stereocenters. The Balaban J connectivity index is 1.84. The highest BCUT2D eigenvalue weighted by Gasteiger charge is 2.16. The van der Waals surface area contributed by atoms with Crippen LogP contribution >= 0.6 is 0 Å². The Morgan fingerprint density at radius 3 is 2.21 bits per heavy atom. The van der Waals surface area contributed by atoms with Gasteiger partial charge in [-0.1, -0.05) is 13.3 Å². The number of phenolic OH excluding ortho intramolecular Hbond substituents is 1. The summed E-state index contributed by atoms with van der Waals surface area (Å²) < 4.78 is 25.5. The van der Waals surface area contributed by atoms with E-state index >= 15 is 0 Å². The normalized spacial score (nSPS) is 10.7. The zero-order valence-electron chi connectivity index (χ0n) is 19.6. The third-order valence-corrected chi connectivity index (χ3v) is 5.22. The van der Waals surface area contributed by atoms with E-state index in [0.29, 0.717) is 37.0 Å². The molecule has 8 heteroatoms. The van der Waals surface area contributed by atoms with Crippen LogP contribution in [-0.4, -0.2) is 41.0 Å². The van der Waals surface area contributed by atoms with Crippen LogP contribution in [0.4, 0.5) is 4.39 Å². The number of carboxylic acid groups (broad SMARTS) is 1. The van der Waals surface area contributed by atoms with Crippen LogP contribution in [0.3, 0.4) is 0 Å². The van der Waals surface area contributed by atoms with E-state index in [4.69, 9.17) is 14.6 Å². The molecule has 0 radical (unpaired) electrons. The molecule has 0 fully saturated rings. The van der Waals surface area contributed by atoms with Crippen molar-refractivity contribution in [3.05, 3.63) is 52.8 Å². The molecule has 0 saturated carbocycles. The summed E-state index contributed by atoms with van der Waals surface area (Å²) in [5.74, 6) is -1.54. The van der Waals surface area contributed by atoms with Crippen molar-refractivity contribution in [2.24, 2.45) is 0 Å². The predicted molar refractivity (Wildman–Crippen MR) is 125 cm³/mol. The first-order valence-electron chi connectivity index (χ1n) is 11.4. The summed E-state index contributed by atoms with van der Waals surface area (Å²) in [6, 6.07) is 7.22. The van der Waals surface area contributed by atoms with Crippen LogP contribution in [0.25, 0.3) is 0 Å². The van der Waals surface area contributed by atoms with Gasteiger partial charge in [-0.05, 0) is 56.5 Å². The van der Waals surface area contributed by atoms with E-state index in [1.807, 2.05) is 6.92 Å². The van der Waals surface area contributed by atoms with Gasteiger partial charge in [0.2, 0.25) is 0 Å². The second-order valence-electron chi connectivity index (χ2n) is 7.96. The standard InChI is InChI=1S/C26H31FO7/c1-3-7-20-23(13-11-19(17(2)28)26(20)32)33-14-6-15-34-24-12-10-18(16-21(24)27)22(29)8-4-5-9-25(30)31/h10-13,16,32H,3-9,14-15H2,1-2H3,(H,30,31). The summed E-state index contributed by atoms with van der Waals surface area (Å²) in [5.41, 5.74) is 1.07. The molecule has 0 unspecified atom stereocenters. The van der Waals surface area contributed by atoms with Gasteiger partial charge in [-0.15, -0.1) is 0 Å². The molecule has 0 heterocycles. The van der Waals surface area contributed by atoms with Crippen molar-refractivity contribution in [1.82, 2.24) is 0 Å². The number of rotatable bonds is 15. The SMILES string of the molecule is CCCc1c(OCCCOc2ccc(C(=O)CCCCC(=O)O)cc2F)ccc(C(C)=O)c1O. The number of phenols is 1. The fourth-order valence-electron chi connectivity index (χ4n) is 3.45. The smallest absolute Gasteiger partial charge is 0.303 e. The van der Waals surface area contributed by atoms with Gasteiger partial charge in [0.05, 0.1) is 18.8 Å². The van der Waals surface area contributed by atoms with E-state index in [0.717, 1.165) is 12.5 Å². The Bertz CT molecular complexity index is 1020. The van der Waals surface area contributed by atoms with Crippen molar-refractivity contribution in [2.45, 2.75) is 58.8 Å². The van der Waals surface area contributed by atoms with Crippen LogP contribution in [0.2, 0.25) is 0 Å². The lowest BCUT2D eigenvalue weighted by Crippen LogP contribution is -2.08.